The van der Waals surface area contributed by atoms with Gasteiger partial charge in [0.15, 0.2) is 0 Å². The van der Waals surface area contributed by atoms with E-state index in [1.807, 2.05) is 60.7 Å². The van der Waals surface area contributed by atoms with E-state index in [0.717, 1.165) is 11.1 Å². The molecular formula is C20H20N2O3. The second-order valence-corrected chi connectivity index (χ2v) is 5.66. The van der Waals surface area contributed by atoms with Crippen molar-refractivity contribution in [1.82, 2.24) is 4.98 Å². The Kier molecular flexibility index (Phi) is 4.48. The third-order valence-corrected chi connectivity index (χ3v) is 4.42. The summed E-state index contributed by atoms with van der Waals surface area (Å²) in [6.45, 7) is 0. The first kappa shape index (κ1) is 16.6. The smallest absolute Gasteiger partial charge is 0.238 e. The first-order valence-corrected chi connectivity index (χ1v) is 7.85. The average molecular weight is 336 g/mol. The zero-order valence-electron chi connectivity index (χ0n) is 14.2. The van der Waals surface area contributed by atoms with Crippen molar-refractivity contribution < 1.29 is 14.3 Å². The molecule has 3 N–H and O–H groups in total. The van der Waals surface area contributed by atoms with Gasteiger partial charge in [-0.1, -0.05) is 24.3 Å². The standard InChI is InChI=1S/C20H20N2O3/c1-24-16-9-5-14(6-10-16)20(19(21)23,18-4-3-13-22-18)15-7-11-17(25-2)12-8-15/h3-13,22H,1-2H3,(H2,21,23). The number of hydrogen-bond donors (Lipinski definition) is 2. The number of carbonyl (C=O) groups is 1. The molecule has 128 valence electrons. The second kappa shape index (κ2) is 6.73. The van der Waals surface area contributed by atoms with Gasteiger partial charge in [0, 0.05) is 11.9 Å². The molecular weight excluding hydrogens is 316 g/mol. The van der Waals surface area contributed by atoms with Gasteiger partial charge in [0.1, 0.15) is 16.9 Å². The molecule has 0 unspecified atom stereocenters. The Morgan fingerprint density at radius 1 is 0.880 bits per heavy atom. The zero-order valence-corrected chi connectivity index (χ0v) is 14.2. The van der Waals surface area contributed by atoms with Crippen LogP contribution in [0.15, 0.2) is 66.9 Å². The Bertz CT molecular complexity index is 790. The van der Waals surface area contributed by atoms with E-state index in [-0.39, 0.29) is 0 Å². The molecule has 25 heavy (non-hydrogen) atoms. The summed E-state index contributed by atoms with van der Waals surface area (Å²) in [6, 6.07) is 18.4. The summed E-state index contributed by atoms with van der Waals surface area (Å²) in [5.41, 5.74) is 7.03. The van der Waals surface area contributed by atoms with Crippen LogP contribution in [0.3, 0.4) is 0 Å². The molecule has 0 aliphatic rings. The number of primary amides is 1. The summed E-state index contributed by atoms with van der Waals surface area (Å²) in [7, 11) is 3.20. The van der Waals surface area contributed by atoms with E-state index in [2.05, 4.69) is 4.98 Å². The number of aromatic amines is 1. The largest absolute Gasteiger partial charge is 0.497 e. The summed E-state index contributed by atoms with van der Waals surface area (Å²) in [5, 5.41) is 0. The maximum atomic E-state index is 12.8. The Morgan fingerprint density at radius 2 is 1.36 bits per heavy atom. The van der Waals surface area contributed by atoms with E-state index in [1.54, 1.807) is 20.4 Å². The second-order valence-electron chi connectivity index (χ2n) is 5.66. The molecule has 1 aromatic heterocycles. The summed E-state index contributed by atoms with van der Waals surface area (Å²) in [4.78, 5) is 15.9. The third kappa shape index (κ3) is 2.74. The summed E-state index contributed by atoms with van der Waals surface area (Å²) in [5.74, 6) is 0.956. The number of hydrogen-bond acceptors (Lipinski definition) is 3. The van der Waals surface area contributed by atoms with Gasteiger partial charge in [-0.2, -0.15) is 0 Å². The maximum Gasteiger partial charge on any atom is 0.238 e. The summed E-state index contributed by atoms with van der Waals surface area (Å²) >= 11 is 0. The third-order valence-electron chi connectivity index (χ3n) is 4.42. The van der Waals surface area contributed by atoms with E-state index in [4.69, 9.17) is 15.2 Å². The topological polar surface area (TPSA) is 77.3 Å². The van der Waals surface area contributed by atoms with Gasteiger partial charge in [-0.25, -0.2) is 0 Å². The van der Waals surface area contributed by atoms with Crippen molar-refractivity contribution in [1.29, 1.82) is 0 Å². The molecule has 3 aromatic rings. The van der Waals surface area contributed by atoms with Crippen LogP contribution in [0.4, 0.5) is 0 Å². The van der Waals surface area contributed by atoms with E-state index >= 15 is 0 Å². The number of benzene rings is 2. The quantitative estimate of drug-likeness (QED) is 0.726. The van der Waals surface area contributed by atoms with E-state index in [0.29, 0.717) is 17.2 Å². The summed E-state index contributed by atoms with van der Waals surface area (Å²) < 4.78 is 10.5. The fourth-order valence-corrected chi connectivity index (χ4v) is 3.14. The van der Waals surface area contributed by atoms with Crippen LogP contribution in [-0.4, -0.2) is 25.1 Å². The lowest BCUT2D eigenvalue weighted by molar-refractivity contribution is -0.121. The Hall–Kier alpha value is -3.21. The minimum absolute atomic E-state index is 0.467. The molecule has 0 aliphatic heterocycles. The van der Waals surface area contributed by atoms with Gasteiger partial charge < -0.3 is 20.2 Å². The van der Waals surface area contributed by atoms with Crippen LogP contribution in [0.5, 0.6) is 11.5 Å². The van der Waals surface area contributed by atoms with Crippen molar-refractivity contribution >= 4 is 5.91 Å². The normalized spacial score (nSPS) is 11.1. The van der Waals surface area contributed by atoms with Crippen LogP contribution in [0.1, 0.15) is 16.8 Å². The molecule has 5 heteroatoms. The number of nitrogens with one attached hydrogen (secondary N) is 1. The van der Waals surface area contributed by atoms with Crippen LogP contribution in [-0.2, 0) is 10.2 Å². The van der Waals surface area contributed by atoms with Crippen molar-refractivity contribution in [3.63, 3.8) is 0 Å². The van der Waals surface area contributed by atoms with E-state index < -0.39 is 11.3 Å². The zero-order chi connectivity index (χ0) is 17.9. The molecule has 0 bridgehead atoms. The highest BCUT2D eigenvalue weighted by Crippen LogP contribution is 2.39. The van der Waals surface area contributed by atoms with Gasteiger partial charge >= 0.3 is 0 Å². The highest BCUT2D eigenvalue weighted by Gasteiger charge is 2.43. The minimum atomic E-state index is -1.14. The van der Waals surface area contributed by atoms with Gasteiger partial charge in [-0.3, -0.25) is 4.79 Å². The predicted octanol–water partition coefficient (Wildman–Crippen LogP) is 2.85. The molecule has 0 saturated heterocycles. The number of carbonyl (C=O) groups excluding carboxylic acids is 1. The fraction of sp³-hybridized carbons (Fsp3) is 0.150. The van der Waals surface area contributed by atoms with Gasteiger partial charge in [0.25, 0.3) is 0 Å². The van der Waals surface area contributed by atoms with Gasteiger partial charge in [0.2, 0.25) is 5.91 Å². The highest BCUT2D eigenvalue weighted by molar-refractivity contribution is 5.94. The highest BCUT2D eigenvalue weighted by atomic mass is 16.5. The molecule has 0 spiro atoms. The number of ether oxygens (including phenoxy) is 2. The molecule has 0 aliphatic carbocycles. The molecule has 0 atom stereocenters. The van der Waals surface area contributed by atoms with Crippen LogP contribution in [0.25, 0.3) is 0 Å². The average Bonchev–Trinajstić information content (AvgIpc) is 3.18. The Morgan fingerprint density at radius 3 is 1.68 bits per heavy atom. The van der Waals surface area contributed by atoms with Gasteiger partial charge in [-0.05, 0) is 47.5 Å². The fourth-order valence-electron chi connectivity index (χ4n) is 3.14. The molecule has 1 heterocycles. The maximum absolute atomic E-state index is 12.8. The van der Waals surface area contributed by atoms with Gasteiger partial charge in [-0.15, -0.1) is 0 Å². The number of amides is 1. The van der Waals surface area contributed by atoms with Crippen molar-refractivity contribution in [2.45, 2.75) is 5.41 Å². The molecule has 0 fully saturated rings. The van der Waals surface area contributed by atoms with E-state index in [1.165, 1.54) is 0 Å². The molecule has 0 radical (unpaired) electrons. The molecule has 3 rings (SSSR count). The molecule has 0 saturated carbocycles. The van der Waals surface area contributed by atoms with Gasteiger partial charge in [0.05, 0.1) is 14.2 Å². The lowest BCUT2D eigenvalue weighted by Gasteiger charge is -2.31. The lowest BCUT2D eigenvalue weighted by atomic mass is 9.71. The number of nitrogens with two attached hydrogens (primary N) is 1. The van der Waals surface area contributed by atoms with Crippen molar-refractivity contribution in [3.8, 4) is 11.5 Å². The van der Waals surface area contributed by atoms with Crippen LogP contribution in [0, 0.1) is 0 Å². The van der Waals surface area contributed by atoms with Crippen molar-refractivity contribution in [3.05, 3.63) is 83.7 Å². The van der Waals surface area contributed by atoms with Crippen LogP contribution < -0.4 is 15.2 Å². The SMILES string of the molecule is COc1ccc(C(C(N)=O)(c2ccc(OC)cc2)c2ccc[nH]2)cc1. The molecule has 2 aromatic carbocycles. The first-order valence-electron chi connectivity index (χ1n) is 7.85. The number of H-pyrrole nitrogens is 1. The number of aromatic nitrogens is 1. The Labute approximate surface area is 146 Å². The monoisotopic (exact) mass is 336 g/mol. The summed E-state index contributed by atoms with van der Waals surface area (Å²) in [6.07, 6.45) is 1.78. The van der Waals surface area contributed by atoms with E-state index in [9.17, 15) is 4.79 Å². The van der Waals surface area contributed by atoms with Crippen LogP contribution in [0.2, 0.25) is 0 Å². The number of methoxy groups -OCH3 is 2. The molecule has 5 nitrogen and oxygen atoms in total. The number of rotatable bonds is 6. The predicted molar refractivity (Wildman–Crippen MR) is 95.9 cm³/mol. The lowest BCUT2D eigenvalue weighted by Crippen LogP contribution is -2.43. The molecule has 1 amide bonds. The minimum Gasteiger partial charge on any atom is -0.497 e. The first-order chi connectivity index (χ1) is 12.1. The van der Waals surface area contributed by atoms with Crippen LogP contribution >= 0.6 is 0 Å². The Balaban J connectivity index is 2.26. The van der Waals surface area contributed by atoms with Crippen molar-refractivity contribution in [2.24, 2.45) is 5.73 Å². The van der Waals surface area contributed by atoms with Crippen molar-refractivity contribution in [2.75, 3.05) is 14.2 Å².